The van der Waals surface area contributed by atoms with Crippen LogP contribution in [0.3, 0.4) is 0 Å². The van der Waals surface area contributed by atoms with Crippen LogP contribution in [0.15, 0.2) is 0 Å². The summed E-state index contributed by atoms with van der Waals surface area (Å²) in [4.78, 5) is 21.8. The molecule has 0 atom stereocenters. The molecule has 8 nitrogen and oxygen atoms in total. The Bertz CT molecular complexity index is 238. The minimum absolute atomic E-state index is 0.0356. The first-order chi connectivity index (χ1) is 8.70. The van der Waals surface area contributed by atoms with Crippen LogP contribution in [0.1, 0.15) is 6.42 Å². The van der Waals surface area contributed by atoms with E-state index in [0.717, 1.165) is 0 Å². The van der Waals surface area contributed by atoms with Crippen molar-refractivity contribution < 1.29 is 19.1 Å². The predicted molar refractivity (Wildman–Crippen MR) is 65.9 cm³/mol. The number of nitrogens with two attached hydrogens (primary N) is 2. The van der Waals surface area contributed by atoms with Crippen LogP contribution in [0.2, 0.25) is 0 Å². The molecule has 0 aromatic heterocycles. The zero-order chi connectivity index (χ0) is 13.6. The Kier molecular flexibility index (Phi) is 11.2. The third-order valence-electron chi connectivity index (χ3n) is 1.87. The second kappa shape index (κ2) is 12.1. The smallest absolute Gasteiger partial charge is 0.407 e. The molecular formula is C10H22N4O4. The van der Waals surface area contributed by atoms with E-state index in [9.17, 15) is 9.59 Å². The van der Waals surface area contributed by atoms with Gasteiger partial charge in [-0.15, -0.1) is 0 Å². The van der Waals surface area contributed by atoms with Gasteiger partial charge in [0.15, 0.2) is 0 Å². The summed E-state index contributed by atoms with van der Waals surface area (Å²) in [5.41, 5.74) is 10.4. The summed E-state index contributed by atoms with van der Waals surface area (Å²) in [6, 6.07) is 0. The topological polar surface area (TPSA) is 129 Å². The number of carbonyl (C=O) groups excluding carboxylic acids is 2. The van der Waals surface area contributed by atoms with Crippen molar-refractivity contribution in [3.8, 4) is 0 Å². The Labute approximate surface area is 106 Å². The van der Waals surface area contributed by atoms with E-state index in [4.69, 9.17) is 20.9 Å². The molecule has 18 heavy (non-hydrogen) atoms. The molecule has 0 aliphatic heterocycles. The van der Waals surface area contributed by atoms with E-state index in [0.29, 0.717) is 32.7 Å². The number of alkyl carbamates (subject to hydrolysis) is 1. The molecule has 8 heteroatoms. The van der Waals surface area contributed by atoms with Gasteiger partial charge in [-0.05, 0) is 13.0 Å². The zero-order valence-corrected chi connectivity index (χ0v) is 10.4. The standard InChI is InChI=1S/C10H22N4O4/c11-2-1-3-14-10(16)18-7-6-17-5-4-13-9(15)8-12/h1-8,11-12H2,(H,13,15)(H,14,16). The van der Waals surface area contributed by atoms with E-state index < -0.39 is 6.09 Å². The minimum Gasteiger partial charge on any atom is -0.447 e. The first-order valence-electron chi connectivity index (χ1n) is 5.86. The van der Waals surface area contributed by atoms with Crippen LogP contribution in [0.4, 0.5) is 4.79 Å². The molecule has 0 unspecified atom stereocenters. The first kappa shape index (κ1) is 16.6. The van der Waals surface area contributed by atoms with Crippen molar-refractivity contribution in [1.29, 1.82) is 0 Å². The van der Waals surface area contributed by atoms with E-state index in [1.165, 1.54) is 0 Å². The number of rotatable bonds is 10. The van der Waals surface area contributed by atoms with E-state index in [2.05, 4.69) is 10.6 Å². The van der Waals surface area contributed by atoms with Crippen molar-refractivity contribution in [2.45, 2.75) is 6.42 Å². The van der Waals surface area contributed by atoms with Gasteiger partial charge in [-0.3, -0.25) is 4.79 Å². The maximum absolute atomic E-state index is 11.0. The molecule has 0 heterocycles. The molecule has 2 amide bonds. The van der Waals surface area contributed by atoms with Crippen LogP contribution in [0.25, 0.3) is 0 Å². The lowest BCUT2D eigenvalue weighted by Crippen LogP contribution is -2.33. The van der Waals surface area contributed by atoms with E-state index >= 15 is 0 Å². The molecule has 0 aliphatic rings. The molecule has 0 saturated carbocycles. The zero-order valence-electron chi connectivity index (χ0n) is 10.4. The van der Waals surface area contributed by atoms with Crippen molar-refractivity contribution in [2.75, 3.05) is 46.0 Å². The molecule has 0 aromatic carbocycles. The second-order valence-corrected chi connectivity index (χ2v) is 3.37. The SMILES string of the molecule is NCCCNC(=O)OCCOCCNC(=O)CN. The van der Waals surface area contributed by atoms with Crippen LogP contribution in [-0.2, 0) is 14.3 Å². The molecule has 0 rings (SSSR count). The maximum Gasteiger partial charge on any atom is 0.407 e. The summed E-state index contributed by atoms with van der Waals surface area (Å²) >= 11 is 0. The average Bonchev–Trinajstić information content (AvgIpc) is 2.37. The molecule has 0 aliphatic carbocycles. The molecule has 0 saturated heterocycles. The van der Waals surface area contributed by atoms with Crippen LogP contribution in [0.5, 0.6) is 0 Å². The van der Waals surface area contributed by atoms with Gasteiger partial charge in [0.25, 0.3) is 0 Å². The highest BCUT2D eigenvalue weighted by molar-refractivity contribution is 5.77. The van der Waals surface area contributed by atoms with Gasteiger partial charge in [-0.25, -0.2) is 4.79 Å². The average molecular weight is 262 g/mol. The van der Waals surface area contributed by atoms with Gasteiger partial charge in [0.05, 0.1) is 19.8 Å². The lowest BCUT2D eigenvalue weighted by Gasteiger charge is -2.07. The van der Waals surface area contributed by atoms with Crippen LogP contribution >= 0.6 is 0 Å². The predicted octanol–water partition coefficient (Wildman–Crippen LogP) is -1.85. The number of hydrogen-bond donors (Lipinski definition) is 4. The minimum atomic E-state index is -0.483. The molecule has 0 spiro atoms. The van der Waals surface area contributed by atoms with Gasteiger partial charge in [-0.2, -0.15) is 0 Å². The molecular weight excluding hydrogens is 240 g/mol. The number of carbonyl (C=O) groups is 2. The van der Waals surface area contributed by atoms with Crippen LogP contribution in [0, 0.1) is 0 Å². The van der Waals surface area contributed by atoms with E-state index in [1.54, 1.807) is 0 Å². The Hall–Kier alpha value is -1.38. The van der Waals surface area contributed by atoms with Gasteiger partial charge in [0, 0.05) is 13.1 Å². The Morgan fingerprint density at radius 1 is 1.00 bits per heavy atom. The van der Waals surface area contributed by atoms with Crippen molar-refractivity contribution in [1.82, 2.24) is 10.6 Å². The molecule has 0 radical (unpaired) electrons. The quantitative estimate of drug-likeness (QED) is 0.342. The summed E-state index contributed by atoms with van der Waals surface area (Å²) < 4.78 is 9.94. The number of hydrogen-bond acceptors (Lipinski definition) is 6. The molecule has 0 bridgehead atoms. The number of amides is 2. The molecule has 0 fully saturated rings. The highest BCUT2D eigenvalue weighted by atomic mass is 16.6. The van der Waals surface area contributed by atoms with Gasteiger partial charge in [-0.1, -0.05) is 0 Å². The number of nitrogens with one attached hydrogen (secondary N) is 2. The summed E-state index contributed by atoms with van der Waals surface area (Å²) in [6.45, 7) is 2.18. The monoisotopic (exact) mass is 262 g/mol. The largest absolute Gasteiger partial charge is 0.447 e. The maximum atomic E-state index is 11.0. The van der Waals surface area contributed by atoms with Gasteiger partial charge >= 0.3 is 6.09 Å². The summed E-state index contributed by atoms with van der Waals surface area (Å²) in [5.74, 6) is -0.228. The summed E-state index contributed by atoms with van der Waals surface area (Å²) in [5, 5.41) is 5.09. The van der Waals surface area contributed by atoms with E-state index in [1.807, 2.05) is 0 Å². The Morgan fingerprint density at radius 3 is 2.44 bits per heavy atom. The van der Waals surface area contributed by atoms with Crippen molar-refractivity contribution in [3.63, 3.8) is 0 Å². The lowest BCUT2D eigenvalue weighted by molar-refractivity contribution is -0.119. The molecule has 106 valence electrons. The number of ether oxygens (including phenoxy) is 2. The molecule has 0 aromatic rings. The van der Waals surface area contributed by atoms with Crippen molar-refractivity contribution in [3.05, 3.63) is 0 Å². The first-order valence-corrected chi connectivity index (χ1v) is 5.86. The molecule has 6 N–H and O–H groups in total. The van der Waals surface area contributed by atoms with Crippen molar-refractivity contribution in [2.24, 2.45) is 11.5 Å². The highest BCUT2D eigenvalue weighted by Gasteiger charge is 2.00. The Morgan fingerprint density at radius 2 is 1.78 bits per heavy atom. The Balaban J connectivity index is 3.19. The van der Waals surface area contributed by atoms with Crippen LogP contribution < -0.4 is 22.1 Å². The fourth-order valence-corrected chi connectivity index (χ4v) is 0.974. The van der Waals surface area contributed by atoms with Gasteiger partial charge in [0.1, 0.15) is 6.61 Å². The fourth-order valence-electron chi connectivity index (χ4n) is 0.974. The van der Waals surface area contributed by atoms with E-state index in [-0.39, 0.29) is 25.7 Å². The normalized spacial score (nSPS) is 9.89. The third kappa shape index (κ3) is 11.1. The summed E-state index contributed by atoms with van der Waals surface area (Å²) in [7, 11) is 0. The van der Waals surface area contributed by atoms with Gasteiger partial charge < -0.3 is 31.6 Å². The highest BCUT2D eigenvalue weighted by Crippen LogP contribution is 1.81. The second-order valence-electron chi connectivity index (χ2n) is 3.37. The summed E-state index contributed by atoms with van der Waals surface area (Å²) in [6.07, 6.45) is 0.232. The third-order valence-corrected chi connectivity index (χ3v) is 1.87. The lowest BCUT2D eigenvalue weighted by atomic mass is 10.4. The fraction of sp³-hybridized carbons (Fsp3) is 0.800. The van der Waals surface area contributed by atoms with Crippen LogP contribution in [-0.4, -0.2) is 58.0 Å². The van der Waals surface area contributed by atoms with Crippen molar-refractivity contribution >= 4 is 12.0 Å². The van der Waals surface area contributed by atoms with Gasteiger partial charge in [0.2, 0.25) is 5.91 Å².